The molecule has 0 amide bonds. The molecule has 0 N–H and O–H groups in total. The summed E-state index contributed by atoms with van der Waals surface area (Å²) >= 11 is 0. The molecule has 0 saturated carbocycles. The molecular formula is C21H20N2O2. The lowest BCUT2D eigenvalue weighted by Crippen LogP contribution is -2.16. The normalized spacial score (nSPS) is 12.1. The summed E-state index contributed by atoms with van der Waals surface area (Å²) < 4.78 is 1.48. The molecule has 3 aromatic rings. The first kappa shape index (κ1) is 16.8. The van der Waals surface area contributed by atoms with Crippen molar-refractivity contribution in [1.29, 1.82) is 0 Å². The van der Waals surface area contributed by atoms with Crippen LogP contribution in [-0.2, 0) is 7.05 Å². The fraction of sp³-hybridized carbons (Fsp3) is 0.190. The van der Waals surface area contributed by atoms with Crippen LogP contribution >= 0.6 is 0 Å². The molecule has 0 aliphatic heterocycles. The molecule has 0 spiro atoms. The van der Waals surface area contributed by atoms with Crippen LogP contribution in [-0.4, -0.2) is 4.57 Å². The van der Waals surface area contributed by atoms with E-state index in [1.165, 1.54) is 10.6 Å². The Bertz CT molecular complexity index is 849. The maximum absolute atomic E-state index is 11.6. The molecule has 4 nitrogen and oxygen atoms in total. The average molecular weight is 332 g/mol. The van der Waals surface area contributed by atoms with E-state index in [2.05, 4.69) is 29.4 Å². The van der Waals surface area contributed by atoms with Crippen LogP contribution in [0.5, 0.6) is 0 Å². The predicted octanol–water partition coefficient (Wildman–Crippen LogP) is 4.42. The van der Waals surface area contributed by atoms with Crippen molar-refractivity contribution in [3.05, 3.63) is 111 Å². The number of aromatic nitrogens is 1. The number of hydrogen-bond donors (Lipinski definition) is 0. The molecule has 1 atom stereocenters. The van der Waals surface area contributed by atoms with Crippen molar-refractivity contribution in [3.8, 4) is 0 Å². The van der Waals surface area contributed by atoms with Gasteiger partial charge in [0.05, 0.1) is 0 Å². The number of rotatable bonds is 6. The highest BCUT2D eigenvalue weighted by Gasteiger charge is 2.22. The number of nitroso groups, excluding NO2 is 1. The summed E-state index contributed by atoms with van der Waals surface area (Å²) in [4.78, 5) is 23.2. The molecule has 25 heavy (non-hydrogen) atoms. The molecule has 0 bridgehead atoms. The summed E-state index contributed by atoms with van der Waals surface area (Å²) in [6.45, 7) is 0. The van der Waals surface area contributed by atoms with Crippen LogP contribution < -0.4 is 5.56 Å². The van der Waals surface area contributed by atoms with Crippen LogP contribution in [0.1, 0.15) is 35.1 Å². The van der Waals surface area contributed by atoms with Crippen LogP contribution in [0.2, 0.25) is 0 Å². The second-order valence-corrected chi connectivity index (χ2v) is 6.14. The Labute approximate surface area is 146 Å². The molecular weight excluding hydrogens is 312 g/mol. The standard InChI is InChI=1S/C21H20N2O2/c1-23-15-18(12-13-21(23)24)20(22-25)14-19(16-8-4-2-5-9-16)17-10-6-3-7-11-17/h2-13,15,19-20H,14H2,1H3. The molecule has 0 aliphatic rings. The Kier molecular flexibility index (Phi) is 5.19. The van der Waals surface area contributed by atoms with E-state index >= 15 is 0 Å². The third-order valence-corrected chi connectivity index (χ3v) is 4.48. The van der Waals surface area contributed by atoms with Gasteiger partial charge in [-0.15, -0.1) is 0 Å². The molecule has 1 aromatic heterocycles. The van der Waals surface area contributed by atoms with Gasteiger partial charge in [-0.05, 0) is 29.2 Å². The van der Waals surface area contributed by atoms with Crippen molar-refractivity contribution < 1.29 is 0 Å². The zero-order valence-electron chi connectivity index (χ0n) is 14.1. The minimum absolute atomic E-state index is 0.0577. The molecule has 0 aliphatic carbocycles. The van der Waals surface area contributed by atoms with Gasteiger partial charge in [-0.1, -0.05) is 65.8 Å². The Balaban J connectivity index is 1.97. The first-order chi connectivity index (χ1) is 12.2. The average Bonchev–Trinajstić information content (AvgIpc) is 2.66. The first-order valence-electron chi connectivity index (χ1n) is 8.28. The maximum atomic E-state index is 11.6. The quantitative estimate of drug-likeness (QED) is 0.628. The Morgan fingerprint density at radius 2 is 1.40 bits per heavy atom. The van der Waals surface area contributed by atoms with Crippen molar-refractivity contribution in [3.63, 3.8) is 0 Å². The largest absolute Gasteiger partial charge is 0.318 e. The molecule has 3 rings (SSSR count). The monoisotopic (exact) mass is 332 g/mol. The van der Waals surface area contributed by atoms with E-state index < -0.39 is 6.04 Å². The van der Waals surface area contributed by atoms with Crippen LogP contribution in [0.25, 0.3) is 0 Å². The molecule has 0 saturated heterocycles. The molecule has 4 heteroatoms. The van der Waals surface area contributed by atoms with Crippen LogP contribution in [0.4, 0.5) is 0 Å². The molecule has 2 aromatic carbocycles. The number of benzene rings is 2. The van der Waals surface area contributed by atoms with Gasteiger partial charge < -0.3 is 4.57 Å². The highest BCUT2D eigenvalue weighted by molar-refractivity contribution is 5.33. The molecule has 0 radical (unpaired) electrons. The summed E-state index contributed by atoms with van der Waals surface area (Å²) in [6, 6.07) is 22.9. The van der Waals surface area contributed by atoms with E-state index in [-0.39, 0.29) is 11.5 Å². The predicted molar refractivity (Wildman–Crippen MR) is 99.6 cm³/mol. The Morgan fingerprint density at radius 3 is 1.88 bits per heavy atom. The van der Waals surface area contributed by atoms with E-state index in [1.54, 1.807) is 19.3 Å². The lowest BCUT2D eigenvalue weighted by atomic mass is 9.85. The number of nitrogens with zero attached hydrogens (tertiary/aromatic N) is 2. The summed E-state index contributed by atoms with van der Waals surface area (Å²) in [6.07, 6.45) is 2.25. The van der Waals surface area contributed by atoms with Crippen molar-refractivity contribution >= 4 is 0 Å². The number of aryl methyl sites for hydroxylation is 1. The molecule has 126 valence electrons. The van der Waals surface area contributed by atoms with Gasteiger partial charge in [-0.3, -0.25) is 4.79 Å². The third-order valence-electron chi connectivity index (χ3n) is 4.48. The summed E-state index contributed by atoms with van der Waals surface area (Å²) in [5.74, 6) is 0.0577. The lowest BCUT2D eigenvalue weighted by molar-refractivity contribution is 0.588. The third kappa shape index (κ3) is 3.91. The van der Waals surface area contributed by atoms with Gasteiger partial charge in [0.25, 0.3) is 0 Å². The van der Waals surface area contributed by atoms with Gasteiger partial charge in [0.2, 0.25) is 5.56 Å². The van der Waals surface area contributed by atoms with Gasteiger partial charge in [-0.25, -0.2) is 0 Å². The van der Waals surface area contributed by atoms with Gasteiger partial charge in [0.1, 0.15) is 6.04 Å². The zero-order chi connectivity index (χ0) is 17.6. The second kappa shape index (κ2) is 7.71. The SMILES string of the molecule is Cn1cc(C(CC(c2ccccc2)c2ccccc2)N=O)ccc1=O. The van der Waals surface area contributed by atoms with Crippen LogP contribution in [0.15, 0.2) is 89.0 Å². The summed E-state index contributed by atoms with van der Waals surface area (Å²) in [7, 11) is 1.68. The van der Waals surface area contributed by atoms with Gasteiger partial charge >= 0.3 is 0 Å². The summed E-state index contributed by atoms with van der Waals surface area (Å²) in [5.41, 5.74) is 2.95. The van der Waals surface area contributed by atoms with Gasteiger partial charge in [0, 0.05) is 25.2 Å². The lowest BCUT2D eigenvalue weighted by Gasteiger charge is -2.21. The number of pyridine rings is 1. The van der Waals surface area contributed by atoms with Gasteiger partial charge in [0.15, 0.2) is 0 Å². The maximum Gasteiger partial charge on any atom is 0.250 e. The fourth-order valence-corrected chi connectivity index (χ4v) is 3.11. The molecule has 1 unspecified atom stereocenters. The Morgan fingerprint density at radius 1 is 0.840 bits per heavy atom. The van der Waals surface area contributed by atoms with Crippen LogP contribution in [0.3, 0.4) is 0 Å². The first-order valence-corrected chi connectivity index (χ1v) is 8.28. The van der Waals surface area contributed by atoms with E-state index in [1.807, 2.05) is 36.4 Å². The molecule has 1 heterocycles. The molecule has 0 fully saturated rings. The number of hydrogen-bond acceptors (Lipinski definition) is 3. The van der Waals surface area contributed by atoms with E-state index in [0.717, 1.165) is 16.7 Å². The van der Waals surface area contributed by atoms with E-state index in [0.29, 0.717) is 6.42 Å². The highest BCUT2D eigenvalue weighted by Crippen LogP contribution is 2.35. The van der Waals surface area contributed by atoms with Crippen molar-refractivity contribution in [1.82, 2.24) is 4.57 Å². The van der Waals surface area contributed by atoms with Gasteiger partial charge in [-0.2, -0.15) is 4.91 Å². The van der Waals surface area contributed by atoms with Crippen LogP contribution in [0, 0.1) is 4.91 Å². The zero-order valence-corrected chi connectivity index (χ0v) is 14.1. The topological polar surface area (TPSA) is 51.4 Å². The fourth-order valence-electron chi connectivity index (χ4n) is 3.11. The second-order valence-electron chi connectivity index (χ2n) is 6.14. The van der Waals surface area contributed by atoms with E-state index in [4.69, 9.17) is 0 Å². The van der Waals surface area contributed by atoms with Crippen molar-refractivity contribution in [2.24, 2.45) is 12.2 Å². The van der Waals surface area contributed by atoms with Crippen molar-refractivity contribution in [2.45, 2.75) is 18.4 Å². The minimum Gasteiger partial charge on any atom is -0.318 e. The Hall–Kier alpha value is -3.01. The highest BCUT2D eigenvalue weighted by atomic mass is 16.3. The smallest absolute Gasteiger partial charge is 0.250 e. The minimum atomic E-state index is -0.516. The van der Waals surface area contributed by atoms with Crippen molar-refractivity contribution in [2.75, 3.05) is 0 Å². The summed E-state index contributed by atoms with van der Waals surface area (Å²) in [5, 5.41) is 3.35. The van der Waals surface area contributed by atoms with E-state index in [9.17, 15) is 9.70 Å².